The van der Waals surface area contributed by atoms with Crippen LogP contribution < -0.4 is 10.0 Å². The Bertz CT molecular complexity index is 1000. The summed E-state index contributed by atoms with van der Waals surface area (Å²) in [6, 6.07) is 18.4. The number of rotatable bonds is 6. The zero-order valence-corrected chi connectivity index (χ0v) is 15.5. The molecule has 0 amide bonds. The van der Waals surface area contributed by atoms with E-state index in [0.717, 1.165) is 17.8 Å². The summed E-state index contributed by atoms with van der Waals surface area (Å²) in [6.45, 7) is 3.86. The molecule has 0 aliphatic heterocycles. The minimum atomic E-state index is -3.66. The summed E-state index contributed by atoms with van der Waals surface area (Å²) in [5, 5.41) is 3.31. The van der Waals surface area contributed by atoms with Gasteiger partial charge in [-0.3, -0.25) is 4.72 Å². The molecule has 0 aliphatic carbocycles. The minimum absolute atomic E-state index is 0.251. The van der Waals surface area contributed by atoms with Gasteiger partial charge in [0, 0.05) is 5.69 Å². The number of benzene rings is 2. The highest BCUT2D eigenvalue weighted by molar-refractivity contribution is 7.92. The Morgan fingerprint density at radius 3 is 2.38 bits per heavy atom. The molecule has 3 aromatic rings. The molecule has 1 aromatic heterocycles. The Morgan fingerprint density at radius 1 is 0.962 bits per heavy atom. The van der Waals surface area contributed by atoms with Crippen LogP contribution in [0.4, 0.5) is 17.2 Å². The number of pyridine rings is 1. The lowest BCUT2D eigenvalue weighted by atomic mass is 10.1. The maximum absolute atomic E-state index is 12.5. The van der Waals surface area contributed by atoms with Gasteiger partial charge in [-0.2, -0.15) is 0 Å². The number of anilines is 3. The SMILES string of the molecule is CCc1ccccc1Nc1ccc(NS(=O)(=O)c2ccccc2C)nc1. The third-order valence-electron chi connectivity index (χ3n) is 4.06. The minimum Gasteiger partial charge on any atom is -0.354 e. The third kappa shape index (κ3) is 4.03. The number of hydrogen-bond acceptors (Lipinski definition) is 4. The molecule has 0 atom stereocenters. The Labute approximate surface area is 154 Å². The summed E-state index contributed by atoms with van der Waals surface area (Å²) in [5.74, 6) is 0.280. The summed E-state index contributed by atoms with van der Waals surface area (Å²) < 4.78 is 27.6. The van der Waals surface area contributed by atoms with Crippen molar-refractivity contribution in [2.75, 3.05) is 10.0 Å². The molecule has 3 rings (SSSR count). The van der Waals surface area contributed by atoms with Crippen molar-refractivity contribution in [2.24, 2.45) is 0 Å². The van der Waals surface area contributed by atoms with E-state index >= 15 is 0 Å². The van der Waals surface area contributed by atoms with Gasteiger partial charge >= 0.3 is 0 Å². The van der Waals surface area contributed by atoms with E-state index in [1.165, 1.54) is 5.56 Å². The normalized spacial score (nSPS) is 11.2. The van der Waals surface area contributed by atoms with E-state index in [2.05, 4.69) is 28.0 Å². The molecule has 5 nitrogen and oxygen atoms in total. The molecule has 0 fully saturated rings. The molecule has 0 saturated heterocycles. The molecule has 0 unspecified atom stereocenters. The van der Waals surface area contributed by atoms with Crippen LogP contribution in [0, 0.1) is 6.92 Å². The van der Waals surface area contributed by atoms with Crippen LogP contribution in [0.15, 0.2) is 71.8 Å². The first-order chi connectivity index (χ1) is 12.5. The monoisotopic (exact) mass is 367 g/mol. The van der Waals surface area contributed by atoms with Crippen molar-refractivity contribution >= 4 is 27.2 Å². The van der Waals surface area contributed by atoms with Crippen LogP contribution in [-0.2, 0) is 16.4 Å². The van der Waals surface area contributed by atoms with E-state index in [9.17, 15) is 8.42 Å². The first kappa shape index (κ1) is 17.9. The highest BCUT2D eigenvalue weighted by Crippen LogP contribution is 2.22. The van der Waals surface area contributed by atoms with Gasteiger partial charge in [-0.05, 0) is 48.7 Å². The molecular weight excluding hydrogens is 346 g/mol. The number of sulfonamides is 1. The molecule has 1 heterocycles. The van der Waals surface area contributed by atoms with Crippen molar-refractivity contribution in [3.63, 3.8) is 0 Å². The smallest absolute Gasteiger partial charge is 0.263 e. The number of nitrogens with zero attached hydrogens (tertiary/aromatic N) is 1. The summed E-state index contributed by atoms with van der Waals surface area (Å²) in [5.41, 5.74) is 3.71. The van der Waals surface area contributed by atoms with Gasteiger partial charge in [-0.25, -0.2) is 13.4 Å². The number of para-hydroxylation sites is 1. The zero-order chi connectivity index (χ0) is 18.6. The van der Waals surface area contributed by atoms with Gasteiger partial charge in [0.1, 0.15) is 5.82 Å². The largest absolute Gasteiger partial charge is 0.354 e. The maximum atomic E-state index is 12.5. The summed E-state index contributed by atoms with van der Waals surface area (Å²) in [6.07, 6.45) is 2.53. The fraction of sp³-hybridized carbons (Fsp3) is 0.150. The Morgan fingerprint density at radius 2 is 1.69 bits per heavy atom. The first-order valence-electron chi connectivity index (χ1n) is 8.39. The van der Waals surface area contributed by atoms with Crippen molar-refractivity contribution in [2.45, 2.75) is 25.2 Å². The number of aryl methyl sites for hydroxylation is 2. The van der Waals surface area contributed by atoms with Crippen molar-refractivity contribution in [1.82, 2.24) is 4.98 Å². The fourth-order valence-electron chi connectivity index (χ4n) is 2.68. The van der Waals surface area contributed by atoms with Gasteiger partial charge in [0.05, 0.1) is 16.8 Å². The molecule has 26 heavy (non-hydrogen) atoms. The molecule has 0 saturated carbocycles. The highest BCUT2D eigenvalue weighted by atomic mass is 32.2. The van der Waals surface area contributed by atoms with Crippen LogP contribution in [0.1, 0.15) is 18.1 Å². The van der Waals surface area contributed by atoms with Crippen molar-refractivity contribution < 1.29 is 8.42 Å². The zero-order valence-electron chi connectivity index (χ0n) is 14.7. The van der Waals surface area contributed by atoms with E-state index in [-0.39, 0.29) is 10.7 Å². The van der Waals surface area contributed by atoms with Gasteiger partial charge < -0.3 is 5.32 Å². The van der Waals surface area contributed by atoms with Gasteiger partial charge in [-0.15, -0.1) is 0 Å². The Kier molecular flexibility index (Phi) is 5.23. The molecule has 6 heteroatoms. The van der Waals surface area contributed by atoms with Gasteiger partial charge in [-0.1, -0.05) is 43.3 Å². The topological polar surface area (TPSA) is 71.1 Å². The average Bonchev–Trinajstić information content (AvgIpc) is 2.64. The second-order valence-electron chi connectivity index (χ2n) is 5.94. The number of hydrogen-bond donors (Lipinski definition) is 2. The number of nitrogens with one attached hydrogen (secondary N) is 2. The van der Waals surface area contributed by atoms with E-state index in [1.807, 2.05) is 18.2 Å². The maximum Gasteiger partial charge on any atom is 0.263 e. The molecule has 0 aliphatic rings. The predicted octanol–water partition coefficient (Wildman–Crippen LogP) is 4.50. The van der Waals surface area contributed by atoms with Gasteiger partial charge in [0.15, 0.2) is 0 Å². The van der Waals surface area contributed by atoms with Crippen LogP contribution in [0.3, 0.4) is 0 Å². The molecule has 134 valence electrons. The predicted molar refractivity (Wildman–Crippen MR) is 105 cm³/mol. The van der Waals surface area contributed by atoms with Gasteiger partial charge in [0.2, 0.25) is 0 Å². The van der Waals surface area contributed by atoms with E-state index in [4.69, 9.17) is 0 Å². The van der Waals surface area contributed by atoms with E-state index in [0.29, 0.717) is 5.56 Å². The molecule has 0 spiro atoms. The second-order valence-corrected chi connectivity index (χ2v) is 7.59. The van der Waals surface area contributed by atoms with Crippen LogP contribution in [0.5, 0.6) is 0 Å². The molecule has 0 bridgehead atoms. The quantitative estimate of drug-likeness (QED) is 0.673. The van der Waals surface area contributed by atoms with Gasteiger partial charge in [0.25, 0.3) is 10.0 Å². The molecule has 2 aromatic carbocycles. The lowest BCUT2D eigenvalue weighted by Gasteiger charge is -2.12. The summed E-state index contributed by atoms with van der Waals surface area (Å²) in [7, 11) is -3.66. The Balaban J connectivity index is 1.77. The fourth-order valence-corrected chi connectivity index (χ4v) is 3.94. The lowest BCUT2D eigenvalue weighted by Crippen LogP contribution is -2.15. The third-order valence-corrected chi connectivity index (χ3v) is 5.58. The van der Waals surface area contributed by atoms with E-state index in [1.54, 1.807) is 49.5 Å². The first-order valence-corrected chi connectivity index (χ1v) is 9.87. The molecule has 2 N–H and O–H groups in total. The average molecular weight is 367 g/mol. The number of aromatic nitrogens is 1. The van der Waals surface area contributed by atoms with Crippen molar-refractivity contribution in [3.05, 3.63) is 78.0 Å². The molecular formula is C20H21N3O2S. The van der Waals surface area contributed by atoms with E-state index < -0.39 is 10.0 Å². The van der Waals surface area contributed by atoms with Crippen molar-refractivity contribution in [3.8, 4) is 0 Å². The van der Waals surface area contributed by atoms with Crippen LogP contribution in [-0.4, -0.2) is 13.4 Å². The summed E-state index contributed by atoms with van der Waals surface area (Å²) >= 11 is 0. The van der Waals surface area contributed by atoms with Crippen LogP contribution in [0.25, 0.3) is 0 Å². The standard InChI is InChI=1S/C20H21N3O2S/c1-3-16-9-5-6-10-18(16)22-17-12-13-20(21-14-17)23-26(24,25)19-11-7-4-8-15(19)2/h4-14,22H,3H2,1-2H3,(H,21,23). The highest BCUT2D eigenvalue weighted by Gasteiger charge is 2.16. The van der Waals surface area contributed by atoms with Crippen molar-refractivity contribution in [1.29, 1.82) is 0 Å². The second kappa shape index (κ2) is 7.58. The Hall–Kier alpha value is -2.86. The lowest BCUT2D eigenvalue weighted by molar-refractivity contribution is 0.600. The van der Waals surface area contributed by atoms with Crippen LogP contribution >= 0.6 is 0 Å². The summed E-state index contributed by atoms with van der Waals surface area (Å²) in [4.78, 5) is 4.47. The van der Waals surface area contributed by atoms with Crippen LogP contribution in [0.2, 0.25) is 0 Å². The molecule has 0 radical (unpaired) electrons.